The first-order chi connectivity index (χ1) is 12.6. The average molecular weight is 372 g/mol. The Labute approximate surface area is 156 Å². The molecule has 1 N–H and O–H groups in total. The molecular formula is C20H19ClFN3O. The van der Waals surface area contributed by atoms with Crippen LogP contribution in [-0.4, -0.2) is 42.0 Å². The number of rotatable bonds is 3. The summed E-state index contributed by atoms with van der Waals surface area (Å²) in [5.74, 6) is -0.283. The van der Waals surface area contributed by atoms with E-state index in [0.29, 0.717) is 32.6 Å². The molecule has 3 aromatic rings. The predicted octanol–water partition coefficient (Wildman–Crippen LogP) is 3.85. The van der Waals surface area contributed by atoms with E-state index >= 15 is 0 Å². The molecule has 1 aromatic heterocycles. The highest BCUT2D eigenvalue weighted by molar-refractivity contribution is 6.31. The number of carbonyl (C=O) groups is 1. The van der Waals surface area contributed by atoms with Gasteiger partial charge in [0.15, 0.2) is 0 Å². The molecule has 1 fully saturated rings. The monoisotopic (exact) mass is 371 g/mol. The highest BCUT2D eigenvalue weighted by atomic mass is 35.5. The summed E-state index contributed by atoms with van der Waals surface area (Å²) in [5, 5.41) is 1.22. The molecule has 1 aliphatic heterocycles. The third kappa shape index (κ3) is 3.27. The van der Waals surface area contributed by atoms with E-state index < -0.39 is 5.82 Å². The van der Waals surface area contributed by atoms with Crippen LogP contribution >= 0.6 is 11.6 Å². The van der Waals surface area contributed by atoms with Crippen molar-refractivity contribution in [1.29, 1.82) is 0 Å². The van der Waals surface area contributed by atoms with Gasteiger partial charge in [0.25, 0.3) is 0 Å². The fourth-order valence-corrected chi connectivity index (χ4v) is 3.62. The van der Waals surface area contributed by atoms with Gasteiger partial charge in [-0.25, -0.2) is 4.39 Å². The van der Waals surface area contributed by atoms with E-state index in [4.69, 9.17) is 11.6 Å². The number of aromatic nitrogens is 1. The highest BCUT2D eigenvalue weighted by Crippen LogP contribution is 2.24. The van der Waals surface area contributed by atoms with Crippen LogP contribution in [0.15, 0.2) is 48.7 Å². The van der Waals surface area contributed by atoms with Crippen LogP contribution in [0.1, 0.15) is 5.56 Å². The quantitative estimate of drug-likeness (QED) is 0.759. The molecule has 0 saturated carbocycles. The number of halogens is 2. The summed E-state index contributed by atoms with van der Waals surface area (Å²) in [4.78, 5) is 19.9. The van der Waals surface area contributed by atoms with Crippen LogP contribution in [-0.2, 0) is 11.2 Å². The molecule has 26 heavy (non-hydrogen) atoms. The van der Waals surface area contributed by atoms with Crippen molar-refractivity contribution in [2.75, 3.05) is 31.1 Å². The highest BCUT2D eigenvalue weighted by Gasteiger charge is 2.22. The van der Waals surface area contributed by atoms with Crippen LogP contribution in [0.4, 0.5) is 10.1 Å². The smallest absolute Gasteiger partial charge is 0.227 e. The van der Waals surface area contributed by atoms with Gasteiger partial charge in [0.05, 0.1) is 11.4 Å². The van der Waals surface area contributed by atoms with Crippen molar-refractivity contribution in [3.63, 3.8) is 0 Å². The van der Waals surface area contributed by atoms with E-state index in [0.717, 1.165) is 22.2 Å². The van der Waals surface area contributed by atoms with E-state index in [-0.39, 0.29) is 10.9 Å². The molecule has 2 aromatic carbocycles. The van der Waals surface area contributed by atoms with E-state index in [2.05, 4.69) is 9.88 Å². The number of fused-ring (bicyclic) bond motifs is 1. The Morgan fingerprint density at radius 1 is 1.12 bits per heavy atom. The lowest BCUT2D eigenvalue weighted by molar-refractivity contribution is -0.130. The minimum absolute atomic E-state index is 0.125. The molecule has 6 heteroatoms. The van der Waals surface area contributed by atoms with Gasteiger partial charge in [-0.15, -0.1) is 0 Å². The average Bonchev–Trinajstić information content (AvgIpc) is 3.07. The number of carbonyl (C=O) groups excluding carboxylic acids is 1. The van der Waals surface area contributed by atoms with Crippen molar-refractivity contribution < 1.29 is 9.18 Å². The van der Waals surface area contributed by atoms with Crippen LogP contribution in [0.2, 0.25) is 5.02 Å². The minimum atomic E-state index is -0.414. The number of piperazine rings is 1. The summed E-state index contributed by atoms with van der Waals surface area (Å²) in [6.07, 6.45) is 2.31. The molecule has 4 nitrogen and oxygen atoms in total. The number of H-pyrrole nitrogens is 1. The molecular weight excluding hydrogens is 353 g/mol. The zero-order valence-corrected chi connectivity index (χ0v) is 15.0. The van der Waals surface area contributed by atoms with Gasteiger partial charge in [0.2, 0.25) is 5.91 Å². The summed E-state index contributed by atoms with van der Waals surface area (Å²) in [6, 6.07) is 12.7. The number of aromatic amines is 1. The summed E-state index contributed by atoms with van der Waals surface area (Å²) in [7, 11) is 0. The fraction of sp³-hybridized carbons (Fsp3) is 0.250. The lowest BCUT2D eigenvalue weighted by atomic mass is 10.1. The number of benzene rings is 2. The van der Waals surface area contributed by atoms with Gasteiger partial charge in [0.1, 0.15) is 5.82 Å². The fourth-order valence-electron chi connectivity index (χ4n) is 3.45. The SMILES string of the molecule is O=C(Cc1c[nH]c2ccccc12)N1CCN(c2ccc(F)c(Cl)c2)CC1. The number of para-hydroxylation sites is 1. The molecule has 4 rings (SSSR count). The van der Waals surface area contributed by atoms with Gasteiger partial charge in [0, 0.05) is 49.0 Å². The number of hydrogen-bond acceptors (Lipinski definition) is 2. The Morgan fingerprint density at radius 2 is 1.88 bits per heavy atom. The first-order valence-corrected chi connectivity index (χ1v) is 9.02. The second-order valence-corrected chi connectivity index (χ2v) is 6.91. The molecule has 0 spiro atoms. The molecule has 0 unspecified atom stereocenters. The molecule has 0 atom stereocenters. The van der Waals surface area contributed by atoms with Crippen LogP contribution < -0.4 is 4.90 Å². The van der Waals surface area contributed by atoms with Crippen molar-refractivity contribution in [2.24, 2.45) is 0 Å². The molecule has 2 heterocycles. The number of anilines is 1. The van der Waals surface area contributed by atoms with Crippen molar-refractivity contribution in [3.8, 4) is 0 Å². The summed E-state index contributed by atoms with van der Waals surface area (Å²) in [6.45, 7) is 2.72. The molecule has 134 valence electrons. The first-order valence-electron chi connectivity index (χ1n) is 8.64. The Balaban J connectivity index is 1.39. The Hall–Kier alpha value is -2.53. The molecule has 1 saturated heterocycles. The number of nitrogens with zero attached hydrogens (tertiary/aromatic N) is 2. The van der Waals surface area contributed by atoms with Gasteiger partial charge in [-0.1, -0.05) is 29.8 Å². The Kier molecular flexibility index (Phi) is 4.55. The lowest BCUT2D eigenvalue weighted by Crippen LogP contribution is -2.49. The zero-order valence-electron chi connectivity index (χ0n) is 14.2. The number of hydrogen-bond donors (Lipinski definition) is 1. The van der Waals surface area contributed by atoms with Crippen LogP contribution in [0.3, 0.4) is 0 Å². The maximum atomic E-state index is 13.3. The second-order valence-electron chi connectivity index (χ2n) is 6.50. The predicted molar refractivity (Wildman–Crippen MR) is 102 cm³/mol. The zero-order chi connectivity index (χ0) is 18.1. The van der Waals surface area contributed by atoms with E-state index in [9.17, 15) is 9.18 Å². The number of amides is 1. The maximum absolute atomic E-state index is 13.3. The Bertz CT molecular complexity index is 947. The van der Waals surface area contributed by atoms with E-state index in [1.54, 1.807) is 12.1 Å². The summed E-state index contributed by atoms with van der Waals surface area (Å²) in [5.41, 5.74) is 2.96. The summed E-state index contributed by atoms with van der Waals surface area (Å²) >= 11 is 5.87. The van der Waals surface area contributed by atoms with E-state index in [1.807, 2.05) is 35.4 Å². The van der Waals surface area contributed by atoms with Crippen LogP contribution in [0.25, 0.3) is 10.9 Å². The maximum Gasteiger partial charge on any atom is 0.227 e. The largest absolute Gasteiger partial charge is 0.368 e. The number of nitrogens with one attached hydrogen (secondary N) is 1. The minimum Gasteiger partial charge on any atom is -0.368 e. The first kappa shape index (κ1) is 16.9. The van der Waals surface area contributed by atoms with Crippen molar-refractivity contribution >= 4 is 34.1 Å². The third-order valence-electron chi connectivity index (χ3n) is 4.92. The van der Waals surface area contributed by atoms with Gasteiger partial charge < -0.3 is 14.8 Å². The van der Waals surface area contributed by atoms with Gasteiger partial charge in [-0.3, -0.25) is 4.79 Å². The molecule has 0 aliphatic carbocycles. The van der Waals surface area contributed by atoms with Gasteiger partial charge in [-0.2, -0.15) is 0 Å². The second kappa shape index (κ2) is 7.00. The Morgan fingerprint density at radius 3 is 2.65 bits per heavy atom. The molecule has 0 bridgehead atoms. The third-order valence-corrected chi connectivity index (χ3v) is 5.21. The lowest BCUT2D eigenvalue weighted by Gasteiger charge is -2.36. The molecule has 0 radical (unpaired) electrons. The van der Waals surface area contributed by atoms with Crippen molar-refractivity contribution in [1.82, 2.24) is 9.88 Å². The van der Waals surface area contributed by atoms with Gasteiger partial charge >= 0.3 is 0 Å². The molecule has 1 amide bonds. The normalized spacial score (nSPS) is 14.8. The summed E-state index contributed by atoms with van der Waals surface area (Å²) < 4.78 is 13.3. The van der Waals surface area contributed by atoms with E-state index in [1.165, 1.54) is 6.07 Å². The van der Waals surface area contributed by atoms with Gasteiger partial charge in [-0.05, 0) is 29.8 Å². The van der Waals surface area contributed by atoms with Crippen LogP contribution in [0.5, 0.6) is 0 Å². The van der Waals surface area contributed by atoms with Crippen molar-refractivity contribution in [2.45, 2.75) is 6.42 Å². The standard InChI is InChI=1S/C20H19ClFN3O/c21-17-12-15(5-6-18(17)22)24-7-9-25(10-8-24)20(26)11-14-13-23-19-4-2-1-3-16(14)19/h1-6,12-13,23H,7-11H2. The topological polar surface area (TPSA) is 39.3 Å². The van der Waals surface area contributed by atoms with Crippen LogP contribution in [0, 0.1) is 5.82 Å². The molecule has 1 aliphatic rings. The van der Waals surface area contributed by atoms with Crippen molar-refractivity contribution in [3.05, 3.63) is 65.1 Å².